The van der Waals surface area contributed by atoms with Crippen LogP contribution in [0, 0.1) is 6.92 Å². The number of phenols is 1. The number of rotatable bonds is 2. The lowest BCUT2D eigenvalue weighted by Gasteiger charge is -2.05. The Kier molecular flexibility index (Phi) is 3.03. The quantitative estimate of drug-likeness (QED) is 0.723. The van der Waals surface area contributed by atoms with Gasteiger partial charge in [-0.15, -0.1) is 0 Å². The SMILES string of the molecule is Cc1cc(Cc2cc3ccccc3oc2=O)ccc1O. The van der Waals surface area contributed by atoms with Crippen molar-refractivity contribution < 1.29 is 9.52 Å². The minimum absolute atomic E-state index is 0.263. The van der Waals surface area contributed by atoms with E-state index >= 15 is 0 Å². The lowest BCUT2D eigenvalue weighted by molar-refractivity contribution is 0.471. The highest BCUT2D eigenvalue weighted by Crippen LogP contribution is 2.20. The van der Waals surface area contributed by atoms with Crippen LogP contribution in [-0.2, 0) is 6.42 Å². The van der Waals surface area contributed by atoms with E-state index in [4.69, 9.17) is 4.42 Å². The molecule has 0 amide bonds. The van der Waals surface area contributed by atoms with Gasteiger partial charge in [0.05, 0.1) is 0 Å². The van der Waals surface area contributed by atoms with Gasteiger partial charge in [-0.05, 0) is 36.2 Å². The number of para-hydroxylation sites is 1. The van der Waals surface area contributed by atoms with Crippen LogP contribution in [0.1, 0.15) is 16.7 Å². The number of hydrogen-bond donors (Lipinski definition) is 1. The fourth-order valence-electron chi connectivity index (χ4n) is 2.28. The van der Waals surface area contributed by atoms with Crippen LogP contribution in [0.4, 0.5) is 0 Å². The number of aromatic hydroxyl groups is 1. The van der Waals surface area contributed by atoms with Gasteiger partial charge < -0.3 is 9.52 Å². The molecule has 0 aliphatic carbocycles. The van der Waals surface area contributed by atoms with Crippen molar-refractivity contribution in [3.63, 3.8) is 0 Å². The molecule has 0 saturated carbocycles. The minimum atomic E-state index is -0.311. The molecule has 0 saturated heterocycles. The maximum atomic E-state index is 12.0. The predicted molar refractivity (Wildman–Crippen MR) is 78.1 cm³/mol. The molecule has 3 rings (SSSR count). The summed E-state index contributed by atoms with van der Waals surface area (Å²) in [6.07, 6.45) is 0.494. The standard InChI is InChI=1S/C17H14O3/c1-11-8-12(6-7-15(11)18)9-14-10-13-4-2-3-5-16(13)20-17(14)19/h2-8,10,18H,9H2,1H3. The molecule has 0 fully saturated rings. The first kappa shape index (κ1) is 12.5. The van der Waals surface area contributed by atoms with Crippen LogP contribution in [-0.4, -0.2) is 5.11 Å². The topological polar surface area (TPSA) is 50.4 Å². The molecule has 20 heavy (non-hydrogen) atoms. The van der Waals surface area contributed by atoms with Crippen molar-refractivity contribution in [2.75, 3.05) is 0 Å². The summed E-state index contributed by atoms with van der Waals surface area (Å²) < 4.78 is 5.31. The Balaban J connectivity index is 2.03. The molecule has 2 aromatic carbocycles. The lowest BCUT2D eigenvalue weighted by atomic mass is 10.0. The maximum Gasteiger partial charge on any atom is 0.339 e. The number of phenolic OH excluding ortho intramolecular Hbond substituents is 1. The molecular formula is C17H14O3. The number of hydrogen-bond acceptors (Lipinski definition) is 3. The molecule has 0 spiro atoms. The van der Waals surface area contributed by atoms with Crippen molar-refractivity contribution in [2.45, 2.75) is 13.3 Å². The predicted octanol–water partition coefficient (Wildman–Crippen LogP) is 3.40. The Labute approximate surface area is 116 Å². The Hall–Kier alpha value is -2.55. The molecular weight excluding hydrogens is 252 g/mol. The van der Waals surface area contributed by atoms with Crippen LogP contribution in [0.2, 0.25) is 0 Å². The summed E-state index contributed by atoms with van der Waals surface area (Å²) in [7, 11) is 0. The summed E-state index contributed by atoms with van der Waals surface area (Å²) in [6, 6.07) is 14.7. The zero-order valence-electron chi connectivity index (χ0n) is 11.1. The van der Waals surface area contributed by atoms with Crippen LogP contribution >= 0.6 is 0 Å². The average molecular weight is 266 g/mol. The second-order valence-electron chi connectivity index (χ2n) is 4.89. The molecule has 0 unspecified atom stereocenters. The summed E-state index contributed by atoms with van der Waals surface area (Å²) in [4.78, 5) is 12.0. The molecule has 3 heteroatoms. The summed E-state index contributed by atoms with van der Waals surface area (Å²) in [6.45, 7) is 1.84. The fourth-order valence-corrected chi connectivity index (χ4v) is 2.28. The number of fused-ring (bicyclic) bond motifs is 1. The summed E-state index contributed by atoms with van der Waals surface area (Å²) >= 11 is 0. The van der Waals surface area contributed by atoms with Crippen molar-refractivity contribution in [3.8, 4) is 5.75 Å². The molecule has 100 valence electrons. The first-order chi connectivity index (χ1) is 9.63. The van der Waals surface area contributed by atoms with Gasteiger partial charge in [-0.3, -0.25) is 0 Å². The van der Waals surface area contributed by atoms with E-state index in [2.05, 4.69) is 0 Å². The largest absolute Gasteiger partial charge is 0.508 e. The van der Waals surface area contributed by atoms with Crippen molar-refractivity contribution in [1.82, 2.24) is 0 Å². The molecule has 0 aliphatic rings. The third-order valence-electron chi connectivity index (χ3n) is 3.37. The maximum absolute atomic E-state index is 12.0. The first-order valence-electron chi connectivity index (χ1n) is 6.44. The zero-order chi connectivity index (χ0) is 14.1. The van der Waals surface area contributed by atoms with Crippen LogP contribution in [0.3, 0.4) is 0 Å². The Morgan fingerprint density at radius 3 is 2.70 bits per heavy atom. The number of benzene rings is 2. The van der Waals surface area contributed by atoms with E-state index in [0.29, 0.717) is 17.6 Å². The van der Waals surface area contributed by atoms with Gasteiger partial charge in [0.1, 0.15) is 11.3 Å². The van der Waals surface area contributed by atoms with Gasteiger partial charge >= 0.3 is 5.63 Å². The van der Waals surface area contributed by atoms with Gasteiger partial charge in [-0.25, -0.2) is 4.79 Å². The van der Waals surface area contributed by atoms with Crippen LogP contribution in [0.15, 0.2) is 57.7 Å². The lowest BCUT2D eigenvalue weighted by Crippen LogP contribution is -2.07. The second kappa shape index (κ2) is 4.85. The van der Waals surface area contributed by atoms with Crippen LogP contribution in [0.25, 0.3) is 11.0 Å². The molecule has 0 atom stereocenters. The van der Waals surface area contributed by atoms with Crippen molar-refractivity contribution in [3.05, 3.63) is 75.6 Å². The van der Waals surface area contributed by atoms with E-state index in [1.54, 1.807) is 12.1 Å². The second-order valence-corrected chi connectivity index (χ2v) is 4.89. The van der Waals surface area contributed by atoms with Gasteiger partial charge in [-0.2, -0.15) is 0 Å². The molecule has 3 aromatic rings. The van der Waals surface area contributed by atoms with Gasteiger partial charge in [0.15, 0.2) is 0 Å². The van der Waals surface area contributed by atoms with Crippen molar-refractivity contribution >= 4 is 11.0 Å². The smallest absolute Gasteiger partial charge is 0.339 e. The third-order valence-corrected chi connectivity index (χ3v) is 3.37. The van der Waals surface area contributed by atoms with E-state index in [0.717, 1.165) is 16.5 Å². The minimum Gasteiger partial charge on any atom is -0.508 e. The van der Waals surface area contributed by atoms with E-state index in [-0.39, 0.29) is 11.4 Å². The van der Waals surface area contributed by atoms with Gasteiger partial charge in [0, 0.05) is 17.4 Å². The molecule has 3 nitrogen and oxygen atoms in total. The molecule has 1 aromatic heterocycles. The van der Waals surface area contributed by atoms with Crippen LogP contribution in [0.5, 0.6) is 5.75 Å². The van der Waals surface area contributed by atoms with Crippen molar-refractivity contribution in [2.24, 2.45) is 0 Å². The van der Waals surface area contributed by atoms with E-state index in [1.165, 1.54) is 0 Å². The number of aryl methyl sites for hydroxylation is 1. The van der Waals surface area contributed by atoms with Gasteiger partial charge in [0.2, 0.25) is 0 Å². The molecule has 0 bridgehead atoms. The highest BCUT2D eigenvalue weighted by molar-refractivity contribution is 5.76. The Morgan fingerprint density at radius 1 is 1.10 bits per heavy atom. The van der Waals surface area contributed by atoms with Gasteiger partial charge in [-0.1, -0.05) is 30.3 Å². The van der Waals surface area contributed by atoms with Gasteiger partial charge in [0.25, 0.3) is 0 Å². The molecule has 1 N–H and O–H groups in total. The van der Waals surface area contributed by atoms with Crippen molar-refractivity contribution in [1.29, 1.82) is 0 Å². The molecule has 1 heterocycles. The van der Waals surface area contributed by atoms with E-state index < -0.39 is 0 Å². The highest BCUT2D eigenvalue weighted by Gasteiger charge is 2.07. The Morgan fingerprint density at radius 2 is 1.90 bits per heavy atom. The first-order valence-corrected chi connectivity index (χ1v) is 6.44. The Bertz CT molecular complexity index is 831. The molecule has 0 radical (unpaired) electrons. The third kappa shape index (κ3) is 2.30. The van der Waals surface area contributed by atoms with Crippen LogP contribution < -0.4 is 5.63 Å². The summed E-state index contributed by atoms with van der Waals surface area (Å²) in [5.74, 6) is 0.263. The fraction of sp³-hybridized carbons (Fsp3) is 0.118. The normalized spacial score (nSPS) is 10.8. The average Bonchev–Trinajstić information content (AvgIpc) is 2.44. The summed E-state index contributed by atoms with van der Waals surface area (Å²) in [5.41, 5.74) is 2.68. The zero-order valence-corrected chi connectivity index (χ0v) is 11.1. The van der Waals surface area contributed by atoms with E-state index in [1.807, 2.05) is 43.3 Å². The molecule has 0 aliphatic heterocycles. The summed E-state index contributed by atoms with van der Waals surface area (Å²) in [5, 5.41) is 10.4. The van der Waals surface area contributed by atoms with E-state index in [9.17, 15) is 9.90 Å². The highest BCUT2D eigenvalue weighted by atomic mass is 16.4. The monoisotopic (exact) mass is 266 g/mol.